The summed E-state index contributed by atoms with van der Waals surface area (Å²) in [7, 11) is 1.37. The first kappa shape index (κ1) is 15.9. The molecule has 0 spiro atoms. The first-order valence-corrected chi connectivity index (χ1v) is 6.71. The predicted octanol–water partition coefficient (Wildman–Crippen LogP) is 3.30. The number of benzene rings is 1. The van der Waals surface area contributed by atoms with Crippen LogP contribution in [-0.4, -0.2) is 19.1 Å². The summed E-state index contributed by atoms with van der Waals surface area (Å²) in [5.41, 5.74) is 0.830. The second kappa shape index (κ2) is 8.12. The van der Waals surface area contributed by atoms with Gasteiger partial charge in [-0.2, -0.15) is 0 Å². The highest BCUT2D eigenvalue weighted by atomic mass is 35.5. The standard InChI is InChI=1S/C14H19ClFNO2/c1-3-4-5-13(14(18)19-2)17-9-10-6-7-12(16)11(15)8-10/h6-8,13,17H,3-5,9H2,1-2H3. The third-order valence-corrected chi connectivity index (χ3v) is 3.16. The number of nitrogens with one attached hydrogen (secondary N) is 1. The van der Waals surface area contributed by atoms with Gasteiger partial charge in [0, 0.05) is 6.54 Å². The molecule has 0 aliphatic heterocycles. The van der Waals surface area contributed by atoms with E-state index in [4.69, 9.17) is 16.3 Å². The van der Waals surface area contributed by atoms with Crippen LogP contribution in [0, 0.1) is 5.82 Å². The van der Waals surface area contributed by atoms with Crippen LogP contribution in [-0.2, 0) is 16.1 Å². The minimum absolute atomic E-state index is 0.0856. The van der Waals surface area contributed by atoms with Gasteiger partial charge >= 0.3 is 5.97 Å². The number of rotatable bonds is 7. The smallest absolute Gasteiger partial charge is 0.322 e. The average Bonchev–Trinajstić information content (AvgIpc) is 2.42. The van der Waals surface area contributed by atoms with Crippen LogP contribution in [0.2, 0.25) is 5.02 Å². The van der Waals surface area contributed by atoms with E-state index in [0.717, 1.165) is 24.8 Å². The Morgan fingerprint density at radius 1 is 1.53 bits per heavy atom. The van der Waals surface area contributed by atoms with Crippen molar-refractivity contribution >= 4 is 17.6 Å². The first-order valence-electron chi connectivity index (χ1n) is 6.33. The Labute approximate surface area is 118 Å². The molecule has 1 N–H and O–H groups in total. The summed E-state index contributed by atoms with van der Waals surface area (Å²) in [4.78, 5) is 11.6. The summed E-state index contributed by atoms with van der Waals surface area (Å²) in [6.07, 6.45) is 2.67. The van der Waals surface area contributed by atoms with E-state index in [1.165, 1.54) is 13.2 Å². The molecule has 106 valence electrons. The van der Waals surface area contributed by atoms with E-state index in [2.05, 4.69) is 12.2 Å². The second-order valence-electron chi connectivity index (χ2n) is 4.35. The van der Waals surface area contributed by atoms with Gasteiger partial charge in [0.15, 0.2) is 0 Å². The lowest BCUT2D eigenvalue weighted by atomic mass is 10.1. The molecule has 5 heteroatoms. The van der Waals surface area contributed by atoms with Crippen LogP contribution in [0.25, 0.3) is 0 Å². The van der Waals surface area contributed by atoms with Gasteiger partial charge in [-0.15, -0.1) is 0 Å². The van der Waals surface area contributed by atoms with E-state index in [1.807, 2.05) is 0 Å². The lowest BCUT2D eigenvalue weighted by molar-refractivity contribution is -0.143. The van der Waals surface area contributed by atoms with Gasteiger partial charge in [-0.1, -0.05) is 37.4 Å². The maximum absolute atomic E-state index is 13.0. The first-order chi connectivity index (χ1) is 9.08. The SMILES string of the molecule is CCCCC(NCc1ccc(F)c(Cl)c1)C(=O)OC. The summed E-state index contributed by atoms with van der Waals surface area (Å²) in [5.74, 6) is -0.720. The zero-order valence-electron chi connectivity index (χ0n) is 11.2. The van der Waals surface area contributed by atoms with Crippen LogP contribution in [0.3, 0.4) is 0 Å². The van der Waals surface area contributed by atoms with Crippen molar-refractivity contribution in [1.29, 1.82) is 0 Å². The van der Waals surface area contributed by atoms with Crippen LogP contribution in [0.1, 0.15) is 31.7 Å². The van der Waals surface area contributed by atoms with Gasteiger partial charge in [-0.05, 0) is 24.1 Å². The Morgan fingerprint density at radius 2 is 2.26 bits per heavy atom. The normalized spacial score (nSPS) is 12.2. The van der Waals surface area contributed by atoms with Gasteiger partial charge in [-0.25, -0.2) is 4.39 Å². The molecule has 0 bridgehead atoms. The number of unbranched alkanes of at least 4 members (excludes halogenated alkanes) is 1. The fourth-order valence-corrected chi connectivity index (χ4v) is 1.95. The summed E-state index contributed by atoms with van der Waals surface area (Å²) in [6.45, 7) is 2.51. The maximum Gasteiger partial charge on any atom is 0.322 e. The zero-order chi connectivity index (χ0) is 14.3. The van der Waals surface area contributed by atoms with Crippen molar-refractivity contribution in [2.24, 2.45) is 0 Å². The second-order valence-corrected chi connectivity index (χ2v) is 4.75. The van der Waals surface area contributed by atoms with Crippen molar-refractivity contribution in [3.8, 4) is 0 Å². The molecule has 0 aromatic heterocycles. The third-order valence-electron chi connectivity index (χ3n) is 2.87. The van der Waals surface area contributed by atoms with Crippen LogP contribution in [0.15, 0.2) is 18.2 Å². The number of esters is 1. The fraction of sp³-hybridized carbons (Fsp3) is 0.500. The maximum atomic E-state index is 13.0. The van der Waals surface area contributed by atoms with Crippen LogP contribution < -0.4 is 5.32 Å². The number of halogens is 2. The molecule has 0 aliphatic carbocycles. The van der Waals surface area contributed by atoms with Crippen molar-refractivity contribution in [2.75, 3.05) is 7.11 Å². The average molecular weight is 288 g/mol. The molecule has 0 heterocycles. The predicted molar refractivity (Wildman–Crippen MR) is 73.6 cm³/mol. The molecular formula is C14H19ClFNO2. The number of ether oxygens (including phenoxy) is 1. The Kier molecular flexibility index (Phi) is 6.81. The van der Waals surface area contributed by atoms with Crippen molar-refractivity contribution in [3.63, 3.8) is 0 Å². The molecule has 1 rings (SSSR count). The molecule has 0 saturated heterocycles. The highest BCUT2D eigenvalue weighted by Crippen LogP contribution is 2.16. The van der Waals surface area contributed by atoms with Gasteiger partial charge in [0.2, 0.25) is 0 Å². The largest absolute Gasteiger partial charge is 0.468 e. The van der Waals surface area contributed by atoms with E-state index in [9.17, 15) is 9.18 Å². The minimum Gasteiger partial charge on any atom is -0.468 e. The summed E-state index contributed by atoms with van der Waals surface area (Å²) in [5, 5.41) is 3.20. The molecule has 0 aliphatic rings. The highest BCUT2D eigenvalue weighted by molar-refractivity contribution is 6.30. The highest BCUT2D eigenvalue weighted by Gasteiger charge is 2.17. The molecule has 0 saturated carbocycles. The van der Waals surface area contributed by atoms with Crippen molar-refractivity contribution in [1.82, 2.24) is 5.32 Å². The molecule has 3 nitrogen and oxygen atoms in total. The number of hydrogen-bond donors (Lipinski definition) is 1. The molecule has 1 aromatic rings. The molecule has 19 heavy (non-hydrogen) atoms. The topological polar surface area (TPSA) is 38.3 Å². The van der Waals surface area contributed by atoms with E-state index in [1.54, 1.807) is 12.1 Å². The number of hydrogen-bond acceptors (Lipinski definition) is 3. The lowest BCUT2D eigenvalue weighted by Crippen LogP contribution is -2.37. The Morgan fingerprint density at radius 3 is 2.84 bits per heavy atom. The van der Waals surface area contributed by atoms with E-state index >= 15 is 0 Å². The van der Waals surface area contributed by atoms with Crippen LogP contribution in [0.4, 0.5) is 4.39 Å². The van der Waals surface area contributed by atoms with Gasteiger partial charge in [-0.3, -0.25) is 4.79 Å². The zero-order valence-corrected chi connectivity index (χ0v) is 12.0. The molecule has 1 aromatic carbocycles. The van der Waals surface area contributed by atoms with Crippen LogP contribution >= 0.6 is 11.6 Å². The van der Waals surface area contributed by atoms with E-state index in [0.29, 0.717) is 6.54 Å². The molecule has 1 unspecified atom stereocenters. The lowest BCUT2D eigenvalue weighted by Gasteiger charge is -2.16. The Balaban J connectivity index is 2.59. The monoisotopic (exact) mass is 287 g/mol. The molecule has 0 fully saturated rings. The van der Waals surface area contributed by atoms with Crippen LogP contribution in [0.5, 0.6) is 0 Å². The van der Waals surface area contributed by atoms with Gasteiger partial charge in [0.25, 0.3) is 0 Å². The fourth-order valence-electron chi connectivity index (χ4n) is 1.74. The third kappa shape index (κ3) is 5.17. The van der Waals surface area contributed by atoms with Crippen molar-refractivity contribution in [3.05, 3.63) is 34.6 Å². The molecule has 0 amide bonds. The van der Waals surface area contributed by atoms with Gasteiger partial charge in [0.05, 0.1) is 12.1 Å². The quantitative estimate of drug-likeness (QED) is 0.782. The van der Waals surface area contributed by atoms with Crippen molar-refractivity contribution < 1.29 is 13.9 Å². The number of methoxy groups -OCH3 is 1. The van der Waals surface area contributed by atoms with Crippen molar-refractivity contribution in [2.45, 2.75) is 38.8 Å². The number of carbonyl (C=O) groups is 1. The Hall–Kier alpha value is -1.13. The van der Waals surface area contributed by atoms with E-state index < -0.39 is 5.82 Å². The van der Waals surface area contributed by atoms with Gasteiger partial charge < -0.3 is 10.1 Å². The summed E-state index contributed by atoms with van der Waals surface area (Å²) >= 11 is 5.71. The summed E-state index contributed by atoms with van der Waals surface area (Å²) in [6, 6.07) is 4.17. The summed E-state index contributed by atoms with van der Waals surface area (Å²) < 4.78 is 17.8. The van der Waals surface area contributed by atoms with E-state index in [-0.39, 0.29) is 17.0 Å². The molecular weight excluding hydrogens is 269 g/mol. The molecule has 0 radical (unpaired) electrons. The van der Waals surface area contributed by atoms with Gasteiger partial charge in [0.1, 0.15) is 11.9 Å². The Bertz CT molecular complexity index is 426. The molecule has 1 atom stereocenters. The number of carbonyl (C=O) groups excluding carboxylic acids is 1. The minimum atomic E-state index is -0.444.